The summed E-state index contributed by atoms with van der Waals surface area (Å²) < 4.78 is 5.59. The number of fused-ring (bicyclic) bond motifs is 1. The van der Waals surface area contributed by atoms with Crippen LogP contribution in [0, 0.1) is 0 Å². The summed E-state index contributed by atoms with van der Waals surface area (Å²) >= 11 is 7.19. The van der Waals surface area contributed by atoms with E-state index in [2.05, 4.69) is 31.1 Å². The number of aromatic nitrogens is 1. The van der Waals surface area contributed by atoms with Gasteiger partial charge in [0.1, 0.15) is 5.52 Å². The minimum atomic E-state index is -0.103. The third-order valence-corrected chi connectivity index (χ3v) is 4.75. The van der Waals surface area contributed by atoms with Gasteiger partial charge in [0, 0.05) is 10.7 Å². The SMILES string of the molecule is CC(C)(C)c1ccc(NC(=O)CSc2nc3cc(Cl)ccc3o2)cc1. The summed E-state index contributed by atoms with van der Waals surface area (Å²) in [6.07, 6.45) is 0. The molecule has 3 aromatic rings. The lowest BCUT2D eigenvalue weighted by atomic mass is 9.87. The predicted octanol–water partition coefficient (Wildman–Crippen LogP) is 5.51. The fourth-order valence-electron chi connectivity index (χ4n) is 2.32. The van der Waals surface area contributed by atoms with Crippen LogP contribution < -0.4 is 5.32 Å². The quantitative estimate of drug-likeness (QED) is 0.612. The monoisotopic (exact) mass is 374 g/mol. The van der Waals surface area contributed by atoms with Crippen LogP contribution in [0.4, 0.5) is 5.69 Å². The molecule has 1 amide bonds. The summed E-state index contributed by atoms with van der Waals surface area (Å²) in [6, 6.07) is 13.2. The Balaban J connectivity index is 1.58. The predicted molar refractivity (Wildman–Crippen MR) is 104 cm³/mol. The molecule has 0 saturated heterocycles. The maximum Gasteiger partial charge on any atom is 0.257 e. The standard InChI is InChI=1S/C19H19ClN2O2S/c1-19(2,3)12-4-7-14(8-5-12)21-17(23)11-25-18-22-15-10-13(20)6-9-16(15)24-18/h4-10H,11H2,1-3H3,(H,21,23). The smallest absolute Gasteiger partial charge is 0.257 e. The fourth-order valence-corrected chi connectivity index (χ4v) is 3.12. The van der Waals surface area contributed by atoms with Gasteiger partial charge in [0.25, 0.3) is 5.22 Å². The minimum Gasteiger partial charge on any atom is -0.431 e. The summed E-state index contributed by atoms with van der Waals surface area (Å²) in [5.74, 6) is 0.121. The molecule has 0 unspecified atom stereocenters. The highest BCUT2D eigenvalue weighted by atomic mass is 35.5. The van der Waals surface area contributed by atoms with E-state index in [0.29, 0.717) is 21.3 Å². The molecule has 0 aliphatic heterocycles. The number of oxazole rings is 1. The highest BCUT2D eigenvalue weighted by Gasteiger charge is 2.14. The van der Waals surface area contributed by atoms with Crippen molar-refractivity contribution in [1.82, 2.24) is 4.98 Å². The van der Waals surface area contributed by atoms with Crippen molar-refractivity contribution in [2.24, 2.45) is 0 Å². The third-order valence-electron chi connectivity index (χ3n) is 3.69. The molecular formula is C19H19ClN2O2S. The van der Waals surface area contributed by atoms with Crippen molar-refractivity contribution >= 4 is 46.1 Å². The van der Waals surface area contributed by atoms with Gasteiger partial charge in [0.2, 0.25) is 5.91 Å². The highest BCUT2D eigenvalue weighted by molar-refractivity contribution is 7.99. The molecule has 0 atom stereocenters. The van der Waals surface area contributed by atoms with Gasteiger partial charge in [-0.2, -0.15) is 0 Å². The van der Waals surface area contributed by atoms with Crippen molar-refractivity contribution < 1.29 is 9.21 Å². The molecule has 1 N–H and O–H groups in total. The zero-order valence-corrected chi connectivity index (χ0v) is 15.9. The number of nitrogens with zero attached hydrogens (tertiary/aromatic N) is 1. The Morgan fingerprint density at radius 1 is 1.20 bits per heavy atom. The maximum atomic E-state index is 12.1. The summed E-state index contributed by atoms with van der Waals surface area (Å²) in [4.78, 5) is 16.4. The van der Waals surface area contributed by atoms with Crippen LogP contribution in [0.1, 0.15) is 26.3 Å². The Bertz CT molecular complexity index is 898. The number of amides is 1. The van der Waals surface area contributed by atoms with Crippen LogP contribution in [0.3, 0.4) is 0 Å². The van der Waals surface area contributed by atoms with Crippen molar-refractivity contribution in [2.75, 3.05) is 11.1 Å². The van der Waals surface area contributed by atoms with Crippen molar-refractivity contribution in [1.29, 1.82) is 0 Å². The van der Waals surface area contributed by atoms with Crippen LogP contribution >= 0.6 is 23.4 Å². The van der Waals surface area contributed by atoms with Gasteiger partial charge in [0.05, 0.1) is 5.75 Å². The lowest BCUT2D eigenvalue weighted by molar-refractivity contribution is -0.113. The van der Waals surface area contributed by atoms with Crippen molar-refractivity contribution in [3.8, 4) is 0 Å². The van der Waals surface area contributed by atoms with Gasteiger partial charge in [-0.3, -0.25) is 4.79 Å². The van der Waals surface area contributed by atoms with Crippen LogP contribution in [0.2, 0.25) is 5.02 Å². The highest BCUT2D eigenvalue weighted by Crippen LogP contribution is 2.26. The van der Waals surface area contributed by atoms with E-state index in [1.165, 1.54) is 17.3 Å². The minimum absolute atomic E-state index is 0.0915. The molecule has 4 nitrogen and oxygen atoms in total. The number of carbonyl (C=O) groups excluding carboxylic acids is 1. The molecule has 2 aromatic carbocycles. The second-order valence-electron chi connectivity index (χ2n) is 6.76. The molecule has 25 heavy (non-hydrogen) atoms. The second kappa shape index (κ2) is 7.10. The summed E-state index contributed by atoms with van der Waals surface area (Å²) in [5.41, 5.74) is 3.44. The number of nitrogens with one attached hydrogen (secondary N) is 1. The first-order valence-electron chi connectivity index (χ1n) is 7.90. The summed E-state index contributed by atoms with van der Waals surface area (Å²) in [7, 11) is 0. The van der Waals surface area contributed by atoms with E-state index in [4.69, 9.17) is 16.0 Å². The van der Waals surface area contributed by atoms with Gasteiger partial charge >= 0.3 is 0 Å². The van der Waals surface area contributed by atoms with Crippen molar-refractivity contribution in [3.05, 3.63) is 53.1 Å². The van der Waals surface area contributed by atoms with Crippen LogP contribution in [0.15, 0.2) is 52.1 Å². The molecule has 0 bridgehead atoms. The Morgan fingerprint density at radius 2 is 1.92 bits per heavy atom. The van der Waals surface area contributed by atoms with Crippen LogP contribution in [0.25, 0.3) is 11.1 Å². The topological polar surface area (TPSA) is 55.1 Å². The van der Waals surface area contributed by atoms with Gasteiger partial charge in [-0.1, -0.05) is 56.3 Å². The zero-order chi connectivity index (χ0) is 18.0. The first kappa shape index (κ1) is 17.8. The van der Waals surface area contributed by atoms with E-state index in [9.17, 15) is 4.79 Å². The van der Waals surface area contributed by atoms with E-state index >= 15 is 0 Å². The van der Waals surface area contributed by atoms with Crippen LogP contribution in [-0.4, -0.2) is 16.6 Å². The molecule has 6 heteroatoms. The number of thioether (sulfide) groups is 1. The number of anilines is 1. The molecule has 0 aliphatic carbocycles. The number of halogens is 1. The first-order chi connectivity index (χ1) is 11.8. The lowest BCUT2D eigenvalue weighted by Gasteiger charge is -2.19. The van der Waals surface area contributed by atoms with Crippen molar-refractivity contribution in [2.45, 2.75) is 31.4 Å². The van der Waals surface area contributed by atoms with Gasteiger partial charge in [-0.15, -0.1) is 0 Å². The Kier molecular flexibility index (Phi) is 5.06. The molecule has 3 rings (SSSR count). The molecule has 1 heterocycles. The van der Waals surface area contributed by atoms with Gasteiger partial charge in [-0.25, -0.2) is 4.98 Å². The van der Waals surface area contributed by atoms with E-state index < -0.39 is 0 Å². The molecule has 0 aliphatic rings. The number of benzene rings is 2. The van der Waals surface area contributed by atoms with Crippen LogP contribution in [0.5, 0.6) is 0 Å². The molecule has 0 radical (unpaired) electrons. The maximum absolute atomic E-state index is 12.1. The van der Waals surface area contributed by atoms with Crippen LogP contribution in [-0.2, 0) is 10.2 Å². The van der Waals surface area contributed by atoms with E-state index in [-0.39, 0.29) is 17.1 Å². The molecule has 130 valence electrons. The molecular weight excluding hydrogens is 356 g/mol. The Hall–Kier alpha value is -1.98. The van der Waals surface area contributed by atoms with E-state index in [1.807, 2.05) is 24.3 Å². The second-order valence-corrected chi connectivity index (χ2v) is 8.12. The van der Waals surface area contributed by atoms with E-state index in [1.54, 1.807) is 18.2 Å². The number of carbonyl (C=O) groups is 1. The summed E-state index contributed by atoms with van der Waals surface area (Å²) in [5, 5.41) is 3.94. The van der Waals surface area contributed by atoms with Gasteiger partial charge in [-0.05, 0) is 41.3 Å². The van der Waals surface area contributed by atoms with Gasteiger partial charge < -0.3 is 9.73 Å². The zero-order valence-electron chi connectivity index (χ0n) is 14.3. The average Bonchev–Trinajstić information content (AvgIpc) is 2.94. The first-order valence-corrected chi connectivity index (χ1v) is 9.27. The van der Waals surface area contributed by atoms with Gasteiger partial charge in [0.15, 0.2) is 5.58 Å². The summed E-state index contributed by atoms with van der Waals surface area (Å²) in [6.45, 7) is 6.47. The molecule has 0 spiro atoms. The fraction of sp³-hybridized carbons (Fsp3) is 0.263. The number of hydrogen-bond acceptors (Lipinski definition) is 4. The van der Waals surface area contributed by atoms with Crippen molar-refractivity contribution in [3.63, 3.8) is 0 Å². The normalized spacial score (nSPS) is 11.7. The number of rotatable bonds is 4. The Labute approximate surface area is 156 Å². The largest absolute Gasteiger partial charge is 0.431 e. The lowest BCUT2D eigenvalue weighted by Crippen LogP contribution is -2.15. The van der Waals surface area contributed by atoms with E-state index in [0.717, 1.165) is 5.69 Å². The average molecular weight is 375 g/mol. The Morgan fingerprint density at radius 3 is 2.60 bits per heavy atom. The molecule has 1 aromatic heterocycles. The third kappa shape index (κ3) is 4.55. The molecule has 0 saturated carbocycles. The number of hydrogen-bond donors (Lipinski definition) is 1. The molecule has 0 fully saturated rings.